The summed E-state index contributed by atoms with van der Waals surface area (Å²) in [5.74, 6) is 0.221. The van der Waals surface area contributed by atoms with Crippen LogP contribution in [0.3, 0.4) is 0 Å². The van der Waals surface area contributed by atoms with Gasteiger partial charge in [0.2, 0.25) is 5.91 Å². The van der Waals surface area contributed by atoms with E-state index in [1.54, 1.807) is 19.5 Å². The van der Waals surface area contributed by atoms with Crippen LogP contribution in [0.5, 0.6) is 0 Å². The number of ether oxygens (including phenoxy) is 1. The van der Waals surface area contributed by atoms with E-state index in [4.69, 9.17) is 4.74 Å². The number of carbonyl (C=O) groups excluding carboxylic acids is 1. The molecule has 2 heterocycles. The molecular weight excluding hydrogens is 304 g/mol. The first-order chi connectivity index (χ1) is 11.7. The number of hydrogen-bond donors (Lipinski definition) is 0. The average Bonchev–Trinajstić information content (AvgIpc) is 3.28. The maximum absolute atomic E-state index is 12.6. The van der Waals surface area contributed by atoms with Crippen molar-refractivity contribution in [1.29, 1.82) is 0 Å². The van der Waals surface area contributed by atoms with Crippen molar-refractivity contribution >= 4 is 5.91 Å². The molecule has 24 heavy (non-hydrogen) atoms. The molecule has 1 aliphatic heterocycles. The second kappa shape index (κ2) is 8.03. The molecule has 0 aromatic carbocycles. The summed E-state index contributed by atoms with van der Waals surface area (Å²) in [5.41, 5.74) is 1.02. The summed E-state index contributed by atoms with van der Waals surface area (Å²) in [4.78, 5) is 25.2. The van der Waals surface area contributed by atoms with Crippen molar-refractivity contribution in [2.75, 3.05) is 27.2 Å². The zero-order valence-corrected chi connectivity index (χ0v) is 14.7. The Morgan fingerprint density at radius 2 is 2.12 bits per heavy atom. The van der Waals surface area contributed by atoms with Crippen LogP contribution >= 0.6 is 0 Å². The van der Waals surface area contributed by atoms with Gasteiger partial charge in [0.25, 0.3) is 0 Å². The molecule has 0 spiro atoms. The molecule has 1 unspecified atom stereocenters. The Morgan fingerprint density at radius 3 is 2.83 bits per heavy atom. The van der Waals surface area contributed by atoms with Crippen LogP contribution in [-0.4, -0.2) is 71.1 Å². The molecule has 1 amide bonds. The van der Waals surface area contributed by atoms with Crippen molar-refractivity contribution < 1.29 is 9.53 Å². The van der Waals surface area contributed by atoms with Crippen molar-refractivity contribution in [2.45, 2.75) is 56.7 Å². The van der Waals surface area contributed by atoms with Crippen molar-refractivity contribution in [3.63, 3.8) is 0 Å². The summed E-state index contributed by atoms with van der Waals surface area (Å²) in [6.45, 7) is 2.09. The van der Waals surface area contributed by atoms with E-state index in [-0.39, 0.29) is 5.91 Å². The van der Waals surface area contributed by atoms with Crippen LogP contribution in [0, 0.1) is 0 Å². The van der Waals surface area contributed by atoms with Crippen molar-refractivity contribution in [3.05, 3.63) is 24.3 Å². The molecule has 6 nitrogen and oxygen atoms in total. The van der Waals surface area contributed by atoms with Gasteiger partial charge in [-0.15, -0.1) is 0 Å². The molecule has 2 fully saturated rings. The molecule has 1 saturated heterocycles. The van der Waals surface area contributed by atoms with Crippen LogP contribution in [-0.2, 0) is 16.0 Å². The van der Waals surface area contributed by atoms with Gasteiger partial charge in [-0.1, -0.05) is 0 Å². The second-order valence-electron chi connectivity index (χ2n) is 6.96. The first-order valence-electron chi connectivity index (χ1n) is 8.95. The molecule has 0 radical (unpaired) electrons. The Bertz CT molecular complexity index is 539. The topological polar surface area (TPSA) is 58.6 Å². The predicted octanol–water partition coefficient (Wildman–Crippen LogP) is 1.51. The summed E-state index contributed by atoms with van der Waals surface area (Å²) in [7, 11) is 3.76. The summed E-state index contributed by atoms with van der Waals surface area (Å²) >= 11 is 0. The van der Waals surface area contributed by atoms with Gasteiger partial charge in [-0.05, 0) is 37.7 Å². The highest BCUT2D eigenvalue weighted by Gasteiger charge is 2.39. The second-order valence-corrected chi connectivity index (χ2v) is 6.96. The molecular formula is C18H28N4O2. The van der Waals surface area contributed by atoms with Crippen molar-refractivity contribution in [1.82, 2.24) is 19.8 Å². The third kappa shape index (κ3) is 3.92. The molecule has 6 heteroatoms. The molecule has 1 aliphatic carbocycles. The Balaban J connectivity index is 1.55. The molecule has 0 bridgehead atoms. The van der Waals surface area contributed by atoms with Crippen LogP contribution in [0.4, 0.5) is 0 Å². The van der Waals surface area contributed by atoms with Crippen molar-refractivity contribution in [3.8, 4) is 0 Å². The Kier molecular flexibility index (Phi) is 5.79. The number of likely N-dealkylation sites (N-methyl/N-ethyl adjacent to an activating group) is 1. The highest BCUT2D eigenvalue weighted by Crippen LogP contribution is 2.31. The SMILES string of the molecule is COC1CCN([C@H]2CCC[C@H]2N(C)C(=O)CCc2cncnc2)C1. The van der Waals surface area contributed by atoms with E-state index in [0.29, 0.717) is 31.0 Å². The highest BCUT2D eigenvalue weighted by molar-refractivity contribution is 5.76. The fourth-order valence-electron chi connectivity index (χ4n) is 4.12. The molecule has 1 aromatic rings. The molecule has 1 saturated carbocycles. The lowest BCUT2D eigenvalue weighted by Gasteiger charge is -2.35. The quantitative estimate of drug-likeness (QED) is 0.790. The van der Waals surface area contributed by atoms with E-state index in [2.05, 4.69) is 14.9 Å². The summed E-state index contributed by atoms with van der Waals surface area (Å²) < 4.78 is 5.50. The standard InChI is InChI=1S/C18H28N4O2/c1-21(18(23)7-6-14-10-19-13-20-11-14)16-4-3-5-17(16)22-9-8-15(12-22)24-2/h10-11,13,15-17H,3-9,12H2,1-2H3/t15?,16-,17+/m1/s1. The third-order valence-electron chi connectivity index (χ3n) is 5.56. The number of hydrogen-bond acceptors (Lipinski definition) is 5. The van der Waals surface area contributed by atoms with Crippen molar-refractivity contribution in [2.24, 2.45) is 0 Å². The number of carbonyl (C=O) groups is 1. The molecule has 3 rings (SSSR count). The Morgan fingerprint density at radius 1 is 1.33 bits per heavy atom. The van der Waals surface area contributed by atoms with Gasteiger partial charge in [0.15, 0.2) is 0 Å². The van der Waals surface area contributed by atoms with Gasteiger partial charge in [0.05, 0.1) is 6.10 Å². The van der Waals surface area contributed by atoms with E-state index in [0.717, 1.165) is 31.5 Å². The normalized spacial score (nSPS) is 27.5. The highest BCUT2D eigenvalue weighted by atomic mass is 16.5. The Labute approximate surface area is 144 Å². The Hall–Kier alpha value is -1.53. The first-order valence-corrected chi connectivity index (χ1v) is 8.95. The minimum Gasteiger partial charge on any atom is -0.380 e. The monoisotopic (exact) mass is 332 g/mol. The number of rotatable bonds is 6. The molecule has 2 aliphatic rings. The summed E-state index contributed by atoms with van der Waals surface area (Å²) in [5, 5.41) is 0. The molecule has 132 valence electrons. The van der Waals surface area contributed by atoms with Gasteiger partial charge >= 0.3 is 0 Å². The van der Waals surface area contributed by atoms with Crippen LogP contribution in [0.2, 0.25) is 0 Å². The maximum atomic E-state index is 12.6. The number of likely N-dealkylation sites (tertiary alicyclic amines) is 1. The van der Waals surface area contributed by atoms with Gasteiger partial charge in [-0.2, -0.15) is 0 Å². The van der Waals surface area contributed by atoms with E-state index in [1.807, 2.05) is 11.9 Å². The summed E-state index contributed by atoms with van der Waals surface area (Å²) in [6.07, 6.45) is 11.3. The van der Waals surface area contributed by atoms with Gasteiger partial charge in [0.1, 0.15) is 6.33 Å². The van der Waals surface area contributed by atoms with E-state index >= 15 is 0 Å². The van der Waals surface area contributed by atoms with Crippen LogP contribution in [0.15, 0.2) is 18.7 Å². The predicted molar refractivity (Wildman–Crippen MR) is 91.5 cm³/mol. The minimum absolute atomic E-state index is 0.221. The van der Waals surface area contributed by atoms with Crippen LogP contribution in [0.1, 0.15) is 37.7 Å². The zero-order valence-electron chi connectivity index (χ0n) is 14.7. The number of aryl methyl sites for hydroxylation is 1. The fourth-order valence-corrected chi connectivity index (χ4v) is 4.12. The lowest BCUT2D eigenvalue weighted by molar-refractivity contribution is -0.132. The molecule has 3 atom stereocenters. The largest absolute Gasteiger partial charge is 0.380 e. The van der Waals surface area contributed by atoms with Gasteiger partial charge in [-0.25, -0.2) is 9.97 Å². The van der Waals surface area contributed by atoms with Gasteiger partial charge in [0, 0.05) is 58.1 Å². The first kappa shape index (κ1) is 17.3. The van der Waals surface area contributed by atoms with Crippen LogP contribution < -0.4 is 0 Å². The minimum atomic E-state index is 0.221. The molecule has 1 aromatic heterocycles. The van der Waals surface area contributed by atoms with Crippen LogP contribution in [0.25, 0.3) is 0 Å². The summed E-state index contributed by atoms with van der Waals surface area (Å²) in [6, 6.07) is 0.819. The fraction of sp³-hybridized carbons (Fsp3) is 0.722. The van der Waals surface area contributed by atoms with E-state index in [9.17, 15) is 4.79 Å². The smallest absolute Gasteiger partial charge is 0.222 e. The number of aromatic nitrogens is 2. The lowest BCUT2D eigenvalue weighted by atomic mass is 10.1. The average molecular weight is 332 g/mol. The van der Waals surface area contributed by atoms with E-state index < -0.39 is 0 Å². The van der Waals surface area contributed by atoms with Gasteiger partial charge < -0.3 is 9.64 Å². The number of methoxy groups -OCH3 is 1. The maximum Gasteiger partial charge on any atom is 0.222 e. The molecule has 0 N–H and O–H groups in total. The third-order valence-corrected chi connectivity index (χ3v) is 5.56. The lowest BCUT2D eigenvalue weighted by Crippen LogP contribution is -2.49. The van der Waals surface area contributed by atoms with E-state index in [1.165, 1.54) is 19.2 Å². The van der Waals surface area contributed by atoms with Gasteiger partial charge in [-0.3, -0.25) is 9.69 Å². The zero-order chi connectivity index (χ0) is 16.9. The number of amides is 1. The number of nitrogens with zero attached hydrogens (tertiary/aromatic N) is 4.